The average molecular weight is 619 g/mol. The number of nitrogens with zero attached hydrogens (tertiary/aromatic N) is 3. The monoisotopic (exact) mass is 618 g/mol. The molecular weight excluding hydrogens is 586 g/mol. The third-order valence-electron chi connectivity index (χ3n) is 8.06. The van der Waals surface area contributed by atoms with Crippen molar-refractivity contribution in [1.29, 1.82) is 0 Å². The second kappa shape index (κ2) is 13.0. The maximum Gasteiger partial charge on any atom is 0.416 e. The zero-order valence-electron chi connectivity index (χ0n) is 23.7. The molecule has 2 aliphatic heterocycles. The first-order valence-electron chi connectivity index (χ1n) is 14.3. The maximum absolute atomic E-state index is 13.8. The molecule has 2 heterocycles. The SMILES string of the molecule is O=C(c1ccccc1)N1CCN(C(=O)[C@@H]2C[C@H](NCc3cc(C(F)(F)F)cc(C(F)(F)F)c3)CN2Cc2ccccc2)CC1. The third-order valence-corrected chi connectivity index (χ3v) is 8.06. The van der Waals surface area contributed by atoms with Crippen molar-refractivity contribution in [3.8, 4) is 0 Å². The Labute approximate surface area is 251 Å². The molecule has 0 unspecified atom stereocenters. The van der Waals surface area contributed by atoms with Crippen molar-refractivity contribution >= 4 is 11.8 Å². The second-order valence-electron chi connectivity index (χ2n) is 11.1. The Kier molecular flexibility index (Phi) is 9.31. The van der Waals surface area contributed by atoms with Crippen LogP contribution >= 0.6 is 0 Å². The molecule has 0 saturated carbocycles. The predicted molar refractivity (Wildman–Crippen MR) is 151 cm³/mol. The summed E-state index contributed by atoms with van der Waals surface area (Å²) in [5.41, 5.74) is -1.32. The van der Waals surface area contributed by atoms with Gasteiger partial charge in [-0.2, -0.15) is 26.3 Å². The number of halogens is 6. The van der Waals surface area contributed by atoms with Crippen LogP contribution in [0.2, 0.25) is 0 Å². The van der Waals surface area contributed by atoms with E-state index < -0.39 is 29.5 Å². The number of alkyl halides is 6. The number of amides is 2. The fourth-order valence-corrected chi connectivity index (χ4v) is 5.79. The molecule has 3 aromatic carbocycles. The zero-order chi connectivity index (χ0) is 31.5. The van der Waals surface area contributed by atoms with E-state index in [9.17, 15) is 35.9 Å². The molecule has 234 valence electrons. The standard InChI is InChI=1S/C32H32F6N4O2/c33-31(34,35)25-15-23(16-26(17-25)32(36,37)38)19-39-27-18-28(42(21-27)20-22-7-3-1-4-8-22)30(44)41-13-11-40(12-14-41)29(43)24-9-5-2-6-10-24/h1-10,15-17,27-28,39H,11-14,18-21H2/t27-,28-/m0/s1. The Bertz CT molecular complexity index is 1410. The number of nitrogens with one attached hydrogen (secondary N) is 1. The number of carbonyl (C=O) groups is 2. The first kappa shape index (κ1) is 31.5. The molecular formula is C32H32F6N4O2. The van der Waals surface area contributed by atoms with Crippen molar-refractivity contribution in [1.82, 2.24) is 20.0 Å². The molecule has 0 spiro atoms. The molecule has 0 radical (unpaired) electrons. The zero-order valence-corrected chi connectivity index (χ0v) is 23.7. The summed E-state index contributed by atoms with van der Waals surface area (Å²) >= 11 is 0. The minimum absolute atomic E-state index is 0.100. The number of hydrogen-bond donors (Lipinski definition) is 1. The summed E-state index contributed by atoms with van der Waals surface area (Å²) in [6, 6.07) is 19.1. The average Bonchev–Trinajstić information content (AvgIpc) is 3.41. The van der Waals surface area contributed by atoms with Crippen LogP contribution in [0.15, 0.2) is 78.9 Å². The molecule has 1 N–H and O–H groups in total. The number of rotatable bonds is 7. The van der Waals surface area contributed by atoms with E-state index in [-0.39, 0.29) is 36.0 Å². The minimum Gasteiger partial charge on any atom is -0.338 e. The lowest BCUT2D eigenvalue weighted by molar-refractivity contribution is -0.143. The van der Waals surface area contributed by atoms with Gasteiger partial charge in [0.1, 0.15) is 0 Å². The Balaban J connectivity index is 1.27. The molecule has 0 aromatic heterocycles. The van der Waals surface area contributed by atoms with Crippen molar-refractivity contribution in [2.75, 3.05) is 32.7 Å². The van der Waals surface area contributed by atoms with Crippen molar-refractivity contribution < 1.29 is 35.9 Å². The minimum atomic E-state index is -4.93. The molecule has 2 saturated heterocycles. The van der Waals surface area contributed by atoms with Crippen molar-refractivity contribution in [2.45, 2.75) is 43.9 Å². The van der Waals surface area contributed by atoms with E-state index in [2.05, 4.69) is 5.32 Å². The smallest absolute Gasteiger partial charge is 0.338 e. The van der Waals surface area contributed by atoms with Crippen LogP contribution in [-0.2, 0) is 30.2 Å². The third kappa shape index (κ3) is 7.59. The van der Waals surface area contributed by atoms with E-state index in [1.54, 1.807) is 34.1 Å². The molecule has 6 nitrogen and oxygen atoms in total. The molecule has 2 amide bonds. The molecule has 2 aliphatic rings. The molecule has 0 aliphatic carbocycles. The summed E-state index contributed by atoms with van der Waals surface area (Å²) in [6.07, 6.45) is -9.52. The highest BCUT2D eigenvalue weighted by atomic mass is 19.4. The molecule has 2 atom stereocenters. The second-order valence-corrected chi connectivity index (χ2v) is 11.1. The highest BCUT2D eigenvalue weighted by Crippen LogP contribution is 2.36. The first-order chi connectivity index (χ1) is 20.9. The Morgan fingerprint density at radius 1 is 0.727 bits per heavy atom. The fourth-order valence-electron chi connectivity index (χ4n) is 5.79. The van der Waals surface area contributed by atoms with Crippen LogP contribution in [0.5, 0.6) is 0 Å². The Hall–Kier alpha value is -3.90. The molecule has 3 aromatic rings. The van der Waals surface area contributed by atoms with Gasteiger partial charge in [0.2, 0.25) is 5.91 Å². The normalized spacial score (nSPS) is 19.8. The molecule has 12 heteroatoms. The lowest BCUT2D eigenvalue weighted by Crippen LogP contribution is -2.54. The van der Waals surface area contributed by atoms with Crippen LogP contribution < -0.4 is 5.32 Å². The van der Waals surface area contributed by atoms with E-state index in [0.717, 1.165) is 17.7 Å². The topological polar surface area (TPSA) is 55.9 Å². The number of carbonyl (C=O) groups excluding carboxylic acids is 2. The van der Waals surface area contributed by atoms with Gasteiger partial charge >= 0.3 is 12.4 Å². The predicted octanol–water partition coefficient (Wildman–Crippen LogP) is 5.44. The van der Waals surface area contributed by atoms with Crippen LogP contribution in [0.3, 0.4) is 0 Å². The van der Waals surface area contributed by atoms with E-state index in [0.29, 0.717) is 51.3 Å². The van der Waals surface area contributed by atoms with E-state index in [1.807, 2.05) is 41.3 Å². The van der Waals surface area contributed by atoms with E-state index in [1.165, 1.54) is 0 Å². The lowest BCUT2D eigenvalue weighted by atomic mass is 10.0. The summed E-state index contributed by atoms with van der Waals surface area (Å²) in [5.74, 6) is -0.215. The fraction of sp³-hybridized carbons (Fsp3) is 0.375. The van der Waals surface area contributed by atoms with Gasteiger partial charge in [0, 0.05) is 57.4 Å². The van der Waals surface area contributed by atoms with Crippen LogP contribution in [0.25, 0.3) is 0 Å². The Morgan fingerprint density at radius 3 is 1.84 bits per heavy atom. The summed E-state index contributed by atoms with van der Waals surface area (Å²) in [7, 11) is 0. The number of hydrogen-bond acceptors (Lipinski definition) is 4. The van der Waals surface area contributed by atoms with Gasteiger partial charge in [0.05, 0.1) is 17.2 Å². The quantitative estimate of drug-likeness (QED) is 0.359. The van der Waals surface area contributed by atoms with Gasteiger partial charge in [-0.15, -0.1) is 0 Å². The number of likely N-dealkylation sites (tertiary alicyclic amines) is 1. The van der Waals surface area contributed by atoms with Crippen LogP contribution in [0, 0.1) is 0 Å². The van der Waals surface area contributed by atoms with Crippen molar-refractivity contribution in [3.05, 3.63) is 107 Å². The Morgan fingerprint density at radius 2 is 1.27 bits per heavy atom. The molecule has 44 heavy (non-hydrogen) atoms. The van der Waals surface area contributed by atoms with Gasteiger partial charge in [-0.05, 0) is 47.9 Å². The van der Waals surface area contributed by atoms with Crippen LogP contribution in [-0.4, -0.2) is 71.3 Å². The summed E-state index contributed by atoms with van der Waals surface area (Å²) in [4.78, 5) is 32.1. The highest BCUT2D eigenvalue weighted by molar-refractivity contribution is 5.94. The summed E-state index contributed by atoms with van der Waals surface area (Å²) in [6.45, 7) is 2.07. The van der Waals surface area contributed by atoms with Crippen molar-refractivity contribution in [2.24, 2.45) is 0 Å². The molecule has 5 rings (SSSR count). The van der Waals surface area contributed by atoms with Gasteiger partial charge in [-0.1, -0.05) is 48.5 Å². The maximum atomic E-state index is 13.8. The van der Waals surface area contributed by atoms with Gasteiger partial charge in [-0.3, -0.25) is 14.5 Å². The van der Waals surface area contributed by atoms with E-state index in [4.69, 9.17) is 0 Å². The first-order valence-corrected chi connectivity index (χ1v) is 14.3. The van der Waals surface area contributed by atoms with Crippen LogP contribution in [0.4, 0.5) is 26.3 Å². The van der Waals surface area contributed by atoms with Crippen molar-refractivity contribution in [3.63, 3.8) is 0 Å². The number of benzene rings is 3. The summed E-state index contributed by atoms with van der Waals surface area (Å²) in [5, 5.41) is 3.10. The van der Waals surface area contributed by atoms with Crippen LogP contribution in [0.1, 0.15) is 39.0 Å². The molecule has 0 bridgehead atoms. The molecule has 2 fully saturated rings. The largest absolute Gasteiger partial charge is 0.416 e. The van der Waals surface area contributed by atoms with Gasteiger partial charge < -0.3 is 15.1 Å². The van der Waals surface area contributed by atoms with E-state index >= 15 is 0 Å². The van der Waals surface area contributed by atoms with Gasteiger partial charge in [0.15, 0.2) is 0 Å². The lowest BCUT2D eigenvalue weighted by Gasteiger charge is -2.37. The number of piperazine rings is 1. The van der Waals surface area contributed by atoms with Gasteiger partial charge in [0.25, 0.3) is 5.91 Å². The highest BCUT2D eigenvalue weighted by Gasteiger charge is 2.40. The van der Waals surface area contributed by atoms with Gasteiger partial charge in [-0.25, -0.2) is 0 Å². The summed E-state index contributed by atoms with van der Waals surface area (Å²) < 4.78 is 80.1.